The number of thiophene rings is 1. The molecule has 0 unspecified atom stereocenters. The zero-order chi connectivity index (χ0) is 19.7. The van der Waals surface area contributed by atoms with Crippen LogP contribution >= 0.6 is 11.3 Å². The van der Waals surface area contributed by atoms with E-state index in [4.69, 9.17) is 0 Å². The molecule has 0 saturated carbocycles. The second-order valence-corrected chi connectivity index (χ2v) is 6.92. The lowest BCUT2D eigenvalue weighted by molar-refractivity contribution is -0.274. The van der Waals surface area contributed by atoms with E-state index in [1.54, 1.807) is 0 Å². The molecule has 2 aromatic carbocycles. The van der Waals surface area contributed by atoms with Crippen LogP contribution in [0.4, 0.5) is 13.2 Å². The highest BCUT2D eigenvalue weighted by molar-refractivity contribution is 7.17. The average Bonchev–Trinajstić information content (AvgIpc) is 3.10. The van der Waals surface area contributed by atoms with E-state index in [1.807, 2.05) is 35.7 Å². The van der Waals surface area contributed by atoms with Gasteiger partial charge in [0, 0.05) is 10.9 Å². The molecule has 4 nitrogen and oxygen atoms in total. The van der Waals surface area contributed by atoms with Gasteiger partial charge in [-0.1, -0.05) is 42.5 Å². The van der Waals surface area contributed by atoms with Crippen molar-refractivity contribution in [3.05, 3.63) is 82.2 Å². The molecule has 8 heteroatoms. The smallest absolute Gasteiger partial charge is 0.406 e. The van der Waals surface area contributed by atoms with Crippen molar-refractivity contribution in [1.82, 2.24) is 9.55 Å². The minimum Gasteiger partial charge on any atom is -0.406 e. The van der Waals surface area contributed by atoms with Crippen molar-refractivity contribution in [3.63, 3.8) is 0 Å². The lowest BCUT2D eigenvalue weighted by atomic mass is 10.1. The highest BCUT2D eigenvalue weighted by Crippen LogP contribution is 2.30. The Kier molecular flexibility index (Phi) is 4.64. The van der Waals surface area contributed by atoms with Crippen LogP contribution in [-0.4, -0.2) is 15.9 Å². The standard InChI is InChI=1S/C20H13F3N2O2S/c21-20(22,23)27-15-8-6-13(7-9-15)10-25-12-24-18-17(19(25)26)16(11-28-18)14-4-2-1-3-5-14/h1-9,11-12H,10H2. The summed E-state index contributed by atoms with van der Waals surface area (Å²) in [4.78, 5) is 18.0. The fourth-order valence-electron chi connectivity index (χ4n) is 2.90. The first kappa shape index (κ1) is 18.2. The van der Waals surface area contributed by atoms with Crippen LogP contribution in [0.25, 0.3) is 21.3 Å². The van der Waals surface area contributed by atoms with Gasteiger partial charge in [-0.3, -0.25) is 9.36 Å². The first-order valence-corrected chi connectivity index (χ1v) is 9.15. The molecule has 28 heavy (non-hydrogen) atoms. The molecule has 0 atom stereocenters. The van der Waals surface area contributed by atoms with Gasteiger partial charge in [0.2, 0.25) is 0 Å². The fourth-order valence-corrected chi connectivity index (χ4v) is 3.81. The van der Waals surface area contributed by atoms with Crippen molar-refractivity contribution in [3.8, 4) is 16.9 Å². The fraction of sp³-hybridized carbons (Fsp3) is 0.100. The molecule has 0 N–H and O–H groups in total. The maximum Gasteiger partial charge on any atom is 0.573 e. The molecule has 0 aliphatic heterocycles. The van der Waals surface area contributed by atoms with E-state index in [2.05, 4.69) is 9.72 Å². The van der Waals surface area contributed by atoms with E-state index in [0.717, 1.165) is 11.1 Å². The highest BCUT2D eigenvalue weighted by Gasteiger charge is 2.30. The molecule has 0 bridgehead atoms. The molecule has 0 amide bonds. The number of hydrogen-bond donors (Lipinski definition) is 0. The summed E-state index contributed by atoms with van der Waals surface area (Å²) in [7, 11) is 0. The topological polar surface area (TPSA) is 44.1 Å². The molecular formula is C20H13F3N2O2S. The van der Waals surface area contributed by atoms with Gasteiger partial charge >= 0.3 is 6.36 Å². The van der Waals surface area contributed by atoms with Crippen LogP contribution in [0, 0.1) is 0 Å². The molecule has 2 heterocycles. The van der Waals surface area contributed by atoms with Gasteiger partial charge in [-0.25, -0.2) is 4.98 Å². The van der Waals surface area contributed by atoms with E-state index >= 15 is 0 Å². The number of rotatable bonds is 4. The summed E-state index contributed by atoms with van der Waals surface area (Å²) in [6, 6.07) is 15.0. The largest absolute Gasteiger partial charge is 0.573 e. The van der Waals surface area contributed by atoms with Gasteiger partial charge in [0.1, 0.15) is 10.6 Å². The molecular weight excluding hydrogens is 389 g/mol. The van der Waals surface area contributed by atoms with E-state index in [1.165, 1.54) is 46.5 Å². The minimum atomic E-state index is -4.74. The average molecular weight is 402 g/mol. The summed E-state index contributed by atoms with van der Waals surface area (Å²) >= 11 is 1.40. The van der Waals surface area contributed by atoms with Crippen molar-refractivity contribution >= 4 is 21.6 Å². The van der Waals surface area contributed by atoms with Crippen LogP contribution in [0.15, 0.2) is 71.1 Å². The Bertz CT molecular complexity index is 1170. The molecule has 142 valence electrons. The van der Waals surface area contributed by atoms with E-state index in [-0.39, 0.29) is 17.9 Å². The monoisotopic (exact) mass is 402 g/mol. The summed E-state index contributed by atoms with van der Waals surface area (Å²) in [5.74, 6) is -0.304. The number of fused-ring (bicyclic) bond motifs is 1. The summed E-state index contributed by atoms with van der Waals surface area (Å²) in [5.41, 5.74) is 2.22. The predicted octanol–water partition coefficient (Wildman–Crippen LogP) is 5.07. The number of aromatic nitrogens is 2. The Hall–Kier alpha value is -3.13. The van der Waals surface area contributed by atoms with Crippen molar-refractivity contribution < 1.29 is 17.9 Å². The molecule has 0 aliphatic rings. The van der Waals surface area contributed by atoms with Gasteiger partial charge < -0.3 is 4.74 Å². The third-order valence-corrected chi connectivity index (χ3v) is 5.04. The molecule has 2 aromatic heterocycles. The predicted molar refractivity (Wildman–Crippen MR) is 102 cm³/mol. The quantitative estimate of drug-likeness (QED) is 0.479. The van der Waals surface area contributed by atoms with Gasteiger partial charge in [0.15, 0.2) is 0 Å². The SMILES string of the molecule is O=c1c2c(-c3ccccc3)csc2ncn1Cc1ccc(OC(F)(F)F)cc1. The van der Waals surface area contributed by atoms with Crippen molar-refractivity contribution in [2.24, 2.45) is 0 Å². The van der Waals surface area contributed by atoms with Gasteiger partial charge in [-0.2, -0.15) is 0 Å². The molecule has 4 rings (SSSR count). The van der Waals surface area contributed by atoms with Gasteiger partial charge in [-0.05, 0) is 23.3 Å². The molecule has 0 fully saturated rings. The summed E-state index contributed by atoms with van der Waals surface area (Å²) in [5, 5.41) is 2.44. The molecule has 0 spiro atoms. The summed E-state index contributed by atoms with van der Waals surface area (Å²) < 4.78 is 42.1. The van der Waals surface area contributed by atoms with E-state index < -0.39 is 6.36 Å². The maximum absolute atomic E-state index is 13.0. The lowest BCUT2D eigenvalue weighted by Gasteiger charge is -2.10. The van der Waals surface area contributed by atoms with Gasteiger partial charge in [-0.15, -0.1) is 24.5 Å². The zero-order valence-corrected chi connectivity index (χ0v) is 15.1. The van der Waals surface area contributed by atoms with Crippen molar-refractivity contribution in [2.45, 2.75) is 12.9 Å². The molecule has 0 saturated heterocycles. The third-order valence-electron chi connectivity index (χ3n) is 4.16. The minimum absolute atomic E-state index is 0.193. The molecule has 0 radical (unpaired) electrons. The Labute approximate surface area is 161 Å². The van der Waals surface area contributed by atoms with Crippen LogP contribution in [-0.2, 0) is 6.54 Å². The number of ether oxygens (including phenoxy) is 1. The zero-order valence-electron chi connectivity index (χ0n) is 14.3. The van der Waals surface area contributed by atoms with Crippen LogP contribution in [0.5, 0.6) is 5.75 Å². The van der Waals surface area contributed by atoms with Gasteiger partial charge in [0.25, 0.3) is 5.56 Å². The number of hydrogen-bond acceptors (Lipinski definition) is 4. The van der Waals surface area contributed by atoms with Crippen LogP contribution in [0.2, 0.25) is 0 Å². The van der Waals surface area contributed by atoms with Crippen LogP contribution in [0.1, 0.15) is 5.56 Å². The maximum atomic E-state index is 13.0. The third kappa shape index (κ3) is 3.77. The first-order valence-electron chi connectivity index (χ1n) is 8.27. The number of alkyl halides is 3. The summed E-state index contributed by atoms with van der Waals surface area (Å²) in [6.07, 6.45) is -3.28. The second-order valence-electron chi connectivity index (χ2n) is 6.06. The Morgan fingerprint density at radius 1 is 1.04 bits per heavy atom. The highest BCUT2D eigenvalue weighted by atomic mass is 32.1. The van der Waals surface area contributed by atoms with E-state index in [9.17, 15) is 18.0 Å². The number of halogens is 3. The molecule has 0 aliphatic carbocycles. The number of nitrogens with zero attached hydrogens (tertiary/aromatic N) is 2. The number of benzene rings is 2. The summed E-state index contributed by atoms with van der Waals surface area (Å²) in [6.45, 7) is 0.193. The van der Waals surface area contributed by atoms with Crippen molar-refractivity contribution in [1.29, 1.82) is 0 Å². The molecule has 4 aromatic rings. The van der Waals surface area contributed by atoms with E-state index in [0.29, 0.717) is 15.8 Å². The Morgan fingerprint density at radius 3 is 2.43 bits per heavy atom. The lowest BCUT2D eigenvalue weighted by Crippen LogP contribution is -2.21. The normalized spacial score (nSPS) is 11.7. The Morgan fingerprint density at radius 2 is 1.75 bits per heavy atom. The first-order chi connectivity index (χ1) is 13.4. The van der Waals surface area contributed by atoms with Crippen LogP contribution in [0.3, 0.4) is 0 Å². The Balaban J connectivity index is 1.67. The van der Waals surface area contributed by atoms with Gasteiger partial charge in [0.05, 0.1) is 18.3 Å². The second kappa shape index (κ2) is 7.12. The van der Waals surface area contributed by atoms with Crippen LogP contribution < -0.4 is 10.3 Å². The van der Waals surface area contributed by atoms with Crippen molar-refractivity contribution in [2.75, 3.05) is 0 Å².